The lowest BCUT2D eigenvalue weighted by Crippen LogP contribution is -2.72. The highest BCUT2D eigenvalue weighted by Gasteiger charge is 2.46. The first-order valence-corrected chi connectivity index (χ1v) is 7.88. The monoisotopic (exact) mass is 411 g/mol. The number of carboxylic acids is 4. The largest absolute Gasteiger partial charge is 0.480 e. The molecule has 0 spiro atoms. The van der Waals surface area contributed by atoms with Crippen molar-refractivity contribution in [1.29, 1.82) is 0 Å². The second kappa shape index (κ2) is 11.5. The Kier molecular flexibility index (Phi) is 10.5. The minimum Gasteiger partial charge on any atom is -0.480 e. The van der Waals surface area contributed by atoms with Gasteiger partial charge in [-0.1, -0.05) is 0 Å². The second-order valence-electron chi connectivity index (χ2n) is 6.13. The normalized spacial score (nSPS) is 14.1. The lowest BCUT2D eigenvalue weighted by Gasteiger charge is -2.47. The summed E-state index contributed by atoms with van der Waals surface area (Å²) in [6.07, 6.45) is 0. The van der Waals surface area contributed by atoms with Gasteiger partial charge in [-0.05, 0) is 0 Å². The minimum atomic E-state index is -2.10. The van der Waals surface area contributed by atoms with Crippen LogP contribution in [0.3, 0.4) is 0 Å². The summed E-state index contributed by atoms with van der Waals surface area (Å²) in [5.74, 6) is -6.00. The summed E-state index contributed by atoms with van der Waals surface area (Å²) in [4.78, 5) is 46.0. The molecule has 0 aromatic rings. The van der Waals surface area contributed by atoms with Crippen molar-refractivity contribution in [1.82, 2.24) is 9.80 Å². The van der Waals surface area contributed by atoms with E-state index < -0.39 is 87.5 Å². The molecule has 28 heavy (non-hydrogen) atoms. The molecule has 0 bridgehead atoms. The fraction of sp³-hybridized carbons (Fsp3) is 0.714. The van der Waals surface area contributed by atoms with Crippen molar-refractivity contribution < 1.29 is 54.9 Å². The van der Waals surface area contributed by atoms with Gasteiger partial charge in [-0.25, -0.2) is 0 Å². The summed E-state index contributed by atoms with van der Waals surface area (Å²) in [5.41, 5.74) is 3.81. The van der Waals surface area contributed by atoms with Crippen LogP contribution in [0.2, 0.25) is 0 Å². The van der Waals surface area contributed by atoms with E-state index >= 15 is 0 Å². The quantitative estimate of drug-likeness (QED) is 0.126. The van der Waals surface area contributed by atoms with Gasteiger partial charge in [-0.2, -0.15) is 0 Å². The van der Waals surface area contributed by atoms with Crippen molar-refractivity contribution in [3.63, 3.8) is 0 Å². The van der Waals surface area contributed by atoms with Crippen LogP contribution in [-0.4, -0.2) is 133 Å². The SMILES string of the molecule is NC(CO)(CO)C(C(CO)N(CC(=O)O)CC(=O)O)N(CC(=O)O)CC(=O)O. The number of carbonyl (C=O) groups is 4. The third kappa shape index (κ3) is 7.71. The van der Waals surface area contributed by atoms with Crippen LogP contribution in [0.15, 0.2) is 0 Å². The van der Waals surface area contributed by atoms with Crippen LogP contribution in [0.1, 0.15) is 0 Å². The van der Waals surface area contributed by atoms with E-state index in [-0.39, 0.29) is 0 Å². The van der Waals surface area contributed by atoms with E-state index in [4.69, 9.17) is 26.2 Å². The molecule has 0 amide bonds. The molecule has 9 N–H and O–H groups in total. The van der Waals surface area contributed by atoms with Crippen LogP contribution in [0.4, 0.5) is 0 Å². The summed E-state index contributed by atoms with van der Waals surface area (Å²) in [7, 11) is 0. The number of rotatable bonds is 15. The average Bonchev–Trinajstić information content (AvgIpc) is 2.56. The Morgan fingerprint density at radius 1 is 0.714 bits per heavy atom. The number of hydrogen-bond acceptors (Lipinski definition) is 10. The number of nitrogens with zero attached hydrogens (tertiary/aromatic N) is 2. The summed E-state index contributed by atoms with van der Waals surface area (Å²) in [6, 6.07) is -3.19. The Bertz CT molecular complexity index is 535. The summed E-state index contributed by atoms with van der Waals surface area (Å²) in [6.45, 7) is -6.74. The molecule has 162 valence electrons. The molecule has 0 aliphatic heterocycles. The van der Waals surface area contributed by atoms with E-state index in [0.717, 1.165) is 4.90 Å². The molecule has 0 heterocycles. The van der Waals surface area contributed by atoms with E-state index in [1.807, 2.05) is 0 Å². The molecule has 0 fully saturated rings. The van der Waals surface area contributed by atoms with Crippen LogP contribution < -0.4 is 5.73 Å². The molecular weight excluding hydrogens is 386 g/mol. The Balaban J connectivity index is 6.38. The highest BCUT2D eigenvalue weighted by molar-refractivity contribution is 5.73. The third-order valence-electron chi connectivity index (χ3n) is 3.95. The number of aliphatic carboxylic acids is 4. The molecule has 0 aromatic carbocycles. The first kappa shape index (κ1) is 25.6. The zero-order valence-electron chi connectivity index (χ0n) is 14.8. The van der Waals surface area contributed by atoms with Gasteiger partial charge in [-0.15, -0.1) is 0 Å². The van der Waals surface area contributed by atoms with Gasteiger partial charge in [0.2, 0.25) is 0 Å². The first-order chi connectivity index (χ1) is 12.9. The first-order valence-electron chi connectivity index (χ1n) is 7.88. The molecule has 2 unspecified atom stereocenters. The lowest BCUT2D eigenvalue weighted by atomic mass is 9.85. The lowest BCUT2D eigenvalue weighted by molar-refractivity contribution is -0.151. The molecule has 14 nitrogen and oxygen atoms in total. The van der Waals surface area contributed by atoms with E-state index in [1.54, 1.807) is 0 Å². The highest BCUT2D eigenvalue weighted by atomic mass is 16.4. The molecule has 0 rings (SSSR count). The summed E-state index contributed by atoms with van der Waals surface area (Å²) in [5, 5.41) is 65.2. The van der Waals surface area contributed by atoms with Crippen molar-refractivity contribution in [2.24, 2.45) is 5.73 Å². The van der Waals surface area contributed by atoms with Crippen molar-refractivity contribution in [3.8, 4) is 0 Å². The van der Waals surface area contributed by atoms with Crippen molar-refractivity contribution in [2.75, 3.05) is 46.0 Å². The Hall–Kier alpha value is -2.36. The predicted octanol–water partition coefficient (Wildman–Crippen LogP) is -4.66. The topological polar surface area (TPSA) is 242 Å². The van der Waals surface area contributed by atoms with E-state index in [1.165, 1.54) is 0 Å². The van der Waals surface area contributed by atoms with E-state index in [0.29, 0.717) is 4.90 Å². The third-order valence-corrected chi connectivity index (χ3v) is 3.95. The minimum absolute atomic E-state index is 0.703. The van der Waals surface area contributed by atoms with Gasteiger partial charge >= 0.3 is 23.9 Å². The Labute approximate surface area is 159 Å². The Morgan fingerprint density at radius 3 is 1.29 bits per heavy atom. The summed E-state index contributed by atoms with van der Waals surface area (Å²) >= 11 is 0. The van der Waals surface area contributed by atoms with Crippen molar-refractivity contribution >= 4 is 23.9 Å². The molecule has 0 saturated heterocycles. The van der Waals surface area contributed by atoms with Gasteiger partial charge in [0.25, 0.3) is 0 Å². The molecule has 0 radical (unpaired) electrons. The smallest absolute Gasteiger partial charge is 0.317 e. The summed E-state index contributed by atoms with van der Waals surface area (Å²) < 4.78 is 0. The number of hydrogen-bond donors (Lipinski definition) is 8. The maximum atomic E-state index is 11.2. The number of carboxylic acid groups (broad SMARTS) is 4. The highest BCUT2D eigenvalue weighted by Crippen LogP contribution is 2.22. The van der Waals surface area contributed by atoms with E-state index in [2.05, 4.69) is 0 Å². The zero-order chi connectivity index (χ0) is 22.1. The predicted molar refractivity (Wildman–Crippen MR) is 89.4 cm³/mol. The average molecular weight is 411 g/mol. The second-order valence-corrected chi connectivity index (χ2v) is 6.13. The maximum Gasteiger partial charge on any atom is 0.317 e. The fourth-order valence-electron chi connectivity index (χ4n) is 2.88. The van der Waals surface area contributed by atoms with Crippen molar-refractivity contribution in [2.45, 2.75) is 17.6 Å². The van der Waals surface area contributed by atoms with Gasteiger partial charge < -0.3 is 41.5 Å². The maximum absolute atomic E-state index is 11.2. The van der Waals surface area contributed by atoms with Gasteiger partial charge in [0.15, 0.2) is 0 Å². The molecular formula is C14H25N3O11. The van der Waals surface area contributed by atoms with Crippen LogP contribution in [0, 0.1) is 0 Å². The number of nitrogens with two attached hydrogens (primary N) is 1. The number of aliphatic hydroxyl groups is 3. The molecule has 0 saturated carbocycles. The molecule has 0 aliphatic carbocycles. The molecule has 0 aliphatic rings. The van der Waals surface area contributed by atoms with Gasteiger partial charge in [-0.3, -0.25) is 29.0 Å². The molecule has 14 heteroatoms. The van der Waals surface area contributed by atoms with Crippen LogP contribution in [-0.2, 0) is 19.2 Å². The van der Waals surface area contributed by atoms with Gasteiger partial charge in [0, 0.05) is 0 Å². The molecule has 0 aromatic heterocycles. The van der Waals surface area contributed by atoms with Crippen molar-refractivity contribution in [3.05, 3.63) is 0 Å². The molecule has 2 atom stereocenters. The van der Waals surface area contributed by atoms with Crippen LogP contribution >= 0.6 is 0 Å². The fourth-order valence-corrected chi connectivity index (χ4v) is 2.88. The number of aliphatic hydroxyl groups excluding tert-OH is 3. The van der Waals surface area contributed by atoms with Crippen LogP contribution in [0.5, 0.6) is 0 Å². The zero-order valence-corrected chi connectivity index (χ0v) is 14.8. The van der Waals surface area contributed by atoms with E-state index in [9.17, 15) is 34.5 Å². The van der Waals surface area contributed by atoms with Crippen LogP contribution in [0.25, 0.3) is 0 Å². The van der Waals surface area contributed by atoms with Gasteiger partial charge in [0.05, 0.1) is 63.6 Å². The Morgan fingerprint density at radius 2 is 1.04 bits per heavy atom. The standard InChI is InChI=1S/C14H25N3O11/c15-14(6-19,7-20)13(17(3-11(25)26)4-12(27)28)8(5-18)16(1-9(21)22)2-10(23)24/h8,13,18-20H,1-7,15H2,(H,21,22)(H,23,24)(H,25,26)(H,27,28). The van der Waals surface area contributed by atoms with Gasteiger partial charge in [0.1, 0.15) is 0 Å².